The number of hydrogen-bond acceptors (Lipinski definition) is 4. The zero-order chi connectivity index (χ0) is 12.5. The summed E-state index contributed by atoms with van der Waals surface area (Å²) in [5.74, 6) is 0. The van der Waals surface area contributed by atoms with Crippen molar-refractivity contribution in [3.8, 4) is 0 Å². The second-order valence-corrected chi connectivity index (χ2v) is 6.17. The lowest BCUT2D eigenvalue weighted by Gasteiger charge is -2.06. The predicted octanol–water partition coefficient (Wildman–Crippen LogP) is 2.26. The third-order valence-electron chi connectivity index (χ3n) is 3.31. The zero-order valence-electron chi connectivity index (χ0n) is 10.8. The maximum atomic E-state index is 4.57. The van der Waals surface area contributed by atoms with Crippen LogP contribution in [0.1, 0.15) is 34.1 Å². The van der Waals surface area contributed by atoms with Crippen molar-refractivity contribution in [2.24, 2.45) is 0 Å². The third kappa shape index (κ3) is 2.62. The van der Waals surface area contributed by atoms with Crippen LogP contribution in [0.15, 0.2) is 12.3 Å². The van der Waals surface area contributed by atoms with Crippen LogP contribution in [0.5, 0.6) is 0 Å². The van der Waals surface area contributed by atoms with E-state index in [4.69, 9.17) is 0 Å². The molecule has 0 radical (unpaired) electrons. The van der Waals surface area contributed by atoms with E-state index in [1.165, 1.54) is 23.4 Å². The van der Waals surface area contributed by atoms with Crippen LogP contribution < -0.4 is 5.32 Å². The summed E-state index contributed by atoms with van der Waals surface area (Å²) in [6.45, 7) is 5.88. The molecule has 0 saturated heterocycles. The molecular formula is C13H18N4S. The standard InChI is InChI=1S/C13H18N4S/c1-9-10(2)18-13(16-9)8-17-12(5-6-15-17)7-14-11-3-4-11/h5-6,11,14H,3-4,7-8H2,1-2H3. The molecule has 0 unspecified atom stereocenters. The molecule has 1 fully saturated rings. The van der Waals surface area contributed by atoms with Crippen LogP contribution in [0.4, 0.5) is 0 Å². The molecule has 4 nitrogen and oxygen atoms in total. The Bertz CT molecular complexity index is 519. The van der Waals surface area contributed by atoms with Gasteiger partial charge in [-0.1, -0.05) is 0 Å². The number of aryl methyl sites for hydroxylation is 2. The average Bonchev–Trinajstić information content (AvgIpc) is 2.99. The van der Waals surface area contributed by atoms with Gasteiger partial charge in [0, 0.05) is 23.7 Å². The van der Waals surface area contributed by atoms with Gasteiger partial charge in [0.25, 0.3) is 0 Å². The lowest BCUT2D eigenvalue weighted by atomic mass is 10.4. The monoisotopic (exact) mass is 262 g/mol. The second kappa shape index (κ2) is 4.82. The largest absolute Gasteiger partial charge is 0.308 e. The summed E-state index contributed by atoms with van der Waals surface area (Å²) < 4.78 is 2.05. The van der Waals surface area contributed by atoms with E-state index in [2.05, 4.69) is 35.3 Å². The highest BCUT2D eigenvalue weighted by Gasteiger charge is 2.20. The summed E-state index contributed by atoms with van der Waals surface area (Å²) in [5.41, 5.74) is 2.38. The summed E-state index contributed by atoms with van der Waals surface area (Å²) in [6.07, 6.45) is 4.51. The maximum absolute atomic E-state index is 4.57. The molecule has 0 aliphatic heterocycles. The Kier molecular flexibility index (Phi) is 3.18. The number of rotatable bonds is 5. The molecule has 2 aromatic heterocycles. The second-order valence-electron chi connectivity index (χ2n) is 4.88. The quantitative estimate of drug-likeness (QED) is 0.898. The average molecular weight is 262 g/mol. The first-order valence-corrected chi connectivity index (χ1v) is 7.21. The fraction of sp³-hybridized carbons (Fsp3) is 0.538. The van der Waals surface area contributed by atoms with Gasteiger partial charge in [0.1, 0.15) is 5.01 Å². The lowest BCUT2D eigenvalue weighted by molar-refractivity contribution is 0.592. The maximum Gasteiger partial charge on any atom is 0.115 e. The van der Waals surface area contributed by atoms with Gasteiger partial charge in [0.15, 0.2) is 0 Å². The fourth-order valence-electron chi connectivity index (χ4n) is 1.92. The molecule has 3 rings (SSSR count). The van der Waals surface area contributed by atoms with E-state index >= 15 is 0 Å². The number of hydrogen-bond donors (Lipinski definition) is 1. The molecule has 1 aliphatic rings. The highest BCUT2D eigenvalue weighted by Crippen LogP contribution is 2.20. The van der Waals surface area contributed by atoms with Crippen molar-refractivity contribution in [1.82, 2.24) is 20.1 Å². The van der Waals surface area contributed by atoms with Gasteiger partial charge >= 0.3 is 0 Å². The van der Waals surface area contributed by atoms with E-state index in [-0.39, 0.29) is 0 Å². The van der Waals surface area contributed by atoms with Crippen molar-refractivity contribution >= 4 is 11.3 Å². The third-order valence-corrected chi connectivity index (χ3v) is 4.37. The molecule has 2 aromatic rings. The Balaban J connectivity index is 1.69. The van der Waals surface area contributed by atoms with E-state index in [1.54, 1.807) is 11.3 Å². The van der Waals surface area contributed by atoms with Gasteiger partial charge in [-0.2, -0.15) is 5.10 Å². The Hall–Kier alpha value is -1.20. The SMILES string of the molecule is Cc1nc(Cn2nccc2CNC2CC2)sc1C. The van der Waals surface area contributed by atoms with Crippen molar-refractivity contribution in [2.75, 3.05) is 0 Å². The van der Waals surface area contributed by atoms with Crippen LogP contribution in [0.3, 0.4) is 0 Å². The molecule has 1 N–H and O–H groups in total. The van der Waals surface area contributed by atoms with Crippen LogP contribution in [0, 0.1) is 13.8 Å². The van der Waals surface area contributed by atoms with Gasteiger partial charge in [-0.05, 0) is 32.8 Å². The normalized spacial score (nSPS) is 15.2. The van der Waals surface area contributed by atoms with E-state index < -0.39 is 0 Å². The molecule has 0 bridgehead atoms. The molecule has 1 aliphatic carbocycles. The minimum Gasteiger partial charge on any atom is -0.308 e. The van der Waals surface area contributed by atoms with Crippen molar-refractivity contribution in [1.29, 1.82) is 0 Å². The first-order chi connectivity index (χ1) is 8.72. The molecule has 96 valence electrons. The Morgan fingerprint density at radius 1 is 1.44 bits per heavy atom. The van der Waals surface area contributed by atoms with Gasteiger partial charge in [0.05, 0.1) is 17.9 Å². The summed E-state index contributed by atoms with van der Waals surface area (Å²) in [5, 5.41) is 9.06. The van der Waals surface area contributed by atoms with E-state index in [0.29, 0.717) is 0 Å². The van der Waals surface area contributed by atoms with Crippen molar-refractivity contribution in [2.45, 2.75) is 45.8 Å². The molecule has 0 amide bonds. The molecule has 0 aromatic carbocycles. The number of nitrogens with zero attached hydrogens (tertiary/aromatic N) is 3. The smallest absolute Gasteiger partial charge is 0.115 e. The Morgan fingerprint density at radius 2 is 2.28 bits per heavy atom. The molecule has 0 atom stereocenters. The number of nitrogens with one attached hydrogen (secondary N) is 1. The summed E-state index contributed by atoms with van der Waals surface area (Å²) in [7, 11) is 0. The highest BCUT2D eigenvalue weighted by atomic mass is 32.1. The Morgan fingerprint density at radius 3 is 2.94 bits per heavy atom. The molecule has 2 heterocycles. The van der Waals surface area contributed by atoms with Crippen LogP contribution in [0.25, 0.3) is 0 Å². The van der Waals surface area contributed by atoms with Crippen LogP contribution in [-0.4, -0.2) is 20.8 Å². The van der Waals surface area contributed by atoms with Crippen LogP contribution >= 0.6 is 11.3 Å². The topological polar surface area (TPSA) is 42.7 Å². The van der Waals surface area contributed by atoms with Gasteiger partial charge in [-0.25, -0.2) is 4.98 Å². The van der Waals surface area contributed by atoms with Gasteiger partial charge in [-0.3, -0.25) is 4.68 Å². The van der Waals surface area contributed by atoms with Crippen molar-refractivity contribution in [3.63, 3.8) is 0 Å². The molecule has 18 heavy (non-hydrogen) atoms. The summed E-state index contributed by atoms with van der Waals surface area (Å²) in [6, 6.07) is 2.82. The van der Waals surface area contributed by atoms with Gasteiger partial charge in [0.2, 0.25) is 0 Å². The summed E-state index contributed by atoms with van der Waals surface area (Å²) >= 11 is 1.77. The Labute approximate surface area is 111 Å². The van der Waals surface area contributed by atoms with Gasteiger partial charge < -0.3 is 5.32 Å². The first-order valence-electron chi connectivity index (χ1n) is 6.39. The summed E-state index contributed by atoms with van der Waals surface area (Å²) in [4.78, 5) is 5.87. The zero-order valence-corrected chi connectivity index (χ0v) is 11.6. The van der Waals surface area contributed by atoms with Crippen molar-refractivity contribution in [3.05, 3.63) is 33.5 Å². The number of aromatic nitrogens is 3. The molecule has 5 heteroatoms. The fourth-order valence-corrected chi connectivity index (χ4v) is 2.84. The predicted molar refractivity (Wildman–Crippen MR) is 72.8 cm³/mol. The van der Waals surface area contributed by atoms with Crippen LogP contribution in [0.2, 0.25) is 0 Å². The molecular weight excluding hydrogens is 244 g/mol. The van der Waals surface area contributed by atoms with E-state index in [0.717, 1.165) is 29.8 Å². The minimum absolute atomic E-state index is 0.734. The van der Waals surface area contributed by atoms with Crippen LogP contribution in [-0.2, 0) is 13.1 Å². The van der Waals surface area contributed by atoms with E-state index in [1.807, 2.05) is 10.9 Å². The number of thiazole rings is 1. The van der Waals surface area contributed by atoms with Gasteiger partial charge in [-0.15, -0.1) is 11.3 Å². The first kappa shape index (κ1) is 11.9. The van der Waals surface area contributed by atoms with E-state index in [9.17, 15) is 0 Å². The van der Waals surface area contributed by atoms with Crippen molar-refractivity contribution < 1.29 is 0 Å². The lowest BCUT2D eigenvalue weighted by Crippen LogP contribution is -2.18. The highest BCUT2D eigenvalue weighted by molar-refractivity contribution is 7.11. The minimum atomic E-state index is 0.734. The molecule has 0 spiro atoms. The molecule has 1 saturated carbocycles.